The number of Topliss-reactive ketones (excluding diaryl/α,β-unsaturated/α-hetero) is 1. The van der Waals surface area contributed by atoms with Gasteiger partial charge in [-0.2, -0.15) is 8.42 Å². The molecule has 20 heteroatoms. The summed E-state index contributed by atoms with van der Waals surface area (Å²) < 4.78 is 42.1. The number of allylic oxidation sites excluding steroid dienone is 16. The van der Waals surface area contributed by atoms with E-state index in [4.69, 9.17) is 9.92 Å². The maximum Gasteiger partial charge on any atom is 0.397 e. The van der Waals surface area contributed by atoms with Crippen molar-refractivity contribution in [1.29, 1.82) is 0 Å². The van der Waals surface area contributed by atoms with E-state index in [0.717, 1.165) is 12.8 Å². The first-order valence-electron chi connectivity index (χ1n) is 28.4. The van der Waals surface area contributed by atoms with Crippen LogP contribution in [0.1, 0.15) is 118 Å². The number of carbonyl (C=O) groups excluding carboxylic acids is 2. The Balaban J connectivity index is 4.81. The number of aliphatic hydroxyl groups excluding tert-OH is 11. The Labute approximate surface area is 493 Å². The number of nitrogens with two attached hydrogens (primary N) is 1. The van der Waals surface area contributed by atoms with E-state index >= 15 is 0 Å². The molecule has 15 unspecified atom stereocenters. The minimum atomic E-state index is -4.95. The van der Waals surface area contributed by atoms with Gasteiger partial charge in [0.15, 0.2) is 0 Å². The lowest BCUT2D eigenvalue weighted by molar-refractivity contribution is -0.136. The van der Waals surface area contributed by atoms with Gasteiger partial charge in [0.25, 0.3) is 0 Å². The first kappa shape index (κ1) is 78.1. The van der Waals surface area contributed by atoms with Crippen LogP contribution in [-0.2, 0) is 28.9 Å². The molecule has 0 spiro atoms. The maximum atomic E-state index is 13.1. The van der Waals surface area contributed by atoms with Crippen LogP contribution in [0, 0.1) is 17.8 Å². The van der Waals surface area contributed by atoms with E-state index in [1.54, 1.807) is 105 Å². The zero-order valence-electron chi connectivity index (χ0n) is 49.0. The molecule has 0 rings (SSSR count). The number of methoxy groups -OCH3 is 1. The van der Waals surface area contributed by atoms with Crippen LogP contribution in [0.15, 0.2) is 157 Å². The van der Waals surface area contributed by atoms with E-state index in [2.05, 4.69) is 4.74 Å². The molecule has 0 fully saturated rings. The van der Waals surface area contributed by atoms with Gasteiger partial charge in [0.1, 0.15) is 5.78 Å². The van der Waals surface area contributed by atoms with Crippen molar-refractivity contribution < 1.29 is 87.7 Å². The Kier molecular flexibility index (Phi) is 44.6. The summed E-state index contributed by atoms with van der Waals surface area (Å²) in [4.78, 5) is 24.4. The van der Waals surface area contributed by atoms with Crippen molar-refractivity contribution in [2.45, 2.75) is 191 Å². The van der Waals surface area contributed by atoms with Gasteiger partial charge >= 0.3 is 16.4 Å². The summed E-state index contributed by atoms with van der Waals surface area (Å²) in [6.07, 6.45) is 32.2. The average molecular weight is 1190 g/mol. The number of esters is 1. The van der Waals surface area contributed by atoms with Gasteiger partial charge in [0, 0.05) is 49.0 Å². The Morgan fingerprint density at radius 1 is 0.518 bits per heavy atom. The van der Waals surface area contributed by atoms with Crippen LogP contribution >= 0.6 is 0 Å². The van der Waals surface area contributed by atoms with E-state index in [1.807, 2.05) is 37.3 Å². The SMILES string of the molecule is COC(=O)C(C)=CC=CC=CCCC=CC(C)C(O)C(C)C(O)C=CC=CC=CC=CC=CC=CCC(OS(=O)(=O)O)C(C)C(=O)CC(O)CC(O)C=CCC(O)CC(O)C=CCC(O)CC(O)CC(O)C=CCC(O)CC(O)CCCN. The van der Waals surface area contributed by atoms with Gasteiger partial charge in [0.05, 0.1) is 80.4 Å². The summed E-state index contributed by atoms with van der Waals surface area (Å²) >= 11 is 0. The van der Waals surface area contributed by atoms with Gasteiger partial charge in [-0.25, -0.2) is 8.98 Å². The smallest absolute Gasteiger partial charge is 0.397 e. The quantitative estimate of drug-likeness (QED) is 0.00850. The second kappa shape index (κ2) is 47.4. The van der Waals surface area contributed by atoms with Crippen LogP contribution in [0.2, 0.25) is 0 Å². The topological polar surface area (TPSA) is 356 Å². The van der Waals surface area contributed by atoms with E-state index in [1.165, 1.54) is 44.4 Å². The number of unbranched alkanes of at least 4 members (excludes halogenated alkanes) is 1. The number of carbonyl (C=O) groups is 2. The lowest BCUT2D eigenvalue weighted by Gasteiger charge is -2.25. The second-order valence-electron chi connectivity index (χ2n) is 20.7. The summed E-state index contributed by atoms with van der Waals surface area (Å²) in [5.74, 6) is -2.62. The largest absolute Gasteiger partial charge is 0.466 e. The number of hydrogen-bond acceptors (Lipinski definition) is 18. The van der Waals surface area contributed by atoms with Crippen LogP contribution in [0.5, 0.6) is 0 Å². The summed E-state index contributed by atoms with van der Waals surface area (Å²) in [5, 5.41) is 114. The molecule has 470 valence electrons. The minimum Gasteiger partial charge on any atom is -0.466 e. The number of aliphatic hydroxyl groups is 11. The molecule has 0 bridgehead atoms. The normalized spacial score (nSPS) is 19.2. The number of rotatable bonds is 46. The standard InChI is InChI=1S/C63H99NO18S/c1-46(28-20-16-12-11-13-17-21-29-47(2)63(77)81-5)62(76)49(4)59(74)37-22-18-14-9-7-6-8-10-15-19-23-38-61(82-83(78,79)80)48(3)60(75)45-58(73)44-55(70)35-26-31-51(66)40-50(65)30-24-33-53(68)42-57(72)43-54(69)34-25-32-52(67)41-56(71)36-27-39-64/h6-11,13-15,17-26,28-30,34-35,37,46,48-59,61-62,65-74,76H,12,16,27,31-33,36,38-45,64H2,1-5H3,(H,78,79,80). The zero-order valence-corrected chi connectivity index (χ0v) is 49.8. The molecule has 83 heavy (non-hydrogen) atoms. The first-order valence-corrected chi connectivity index (χ1v) is 29.8. The molecule has 0 aromatic heterocycles. The molecular weight excluding hydrogens is 1090 g/mol. The molecule has 19 nitrogen and oxygen atoms in total. The Morgan fingerprint density at radius 2 is 0.976 bits per heavy atom. The average Bonchev–Trinajstić information content (AvgIpc) is 3.42. The highest BCUT2D eigenvalue weighted by Crippen LogP contribution is 2.21. The van der Waals surface area contributed by atoms with Crippen molar-refractivity contribution in [2.24, 2.45) is 23.5 Å². The predicted molar refractivity (Wildman–Crippen MR) is 324 cm³/mol. The van der Waals surface area contributed by atoms with Gasteiger partial charge in [-0.1, -0.05) is 173 Å². The molecule has 0 aromatic rings. The fraction of sp³-hybridized carbons (Fsp3) is 0.556. The number of ketones is 1. The highest BCUT2D eigenvalue weighted by atomic mass is 32.3. The number of hydrogen-bond donors (Lipinski definition) is 13. The van der Waals surface area contributed by atoms with Crippen LogP contribution in [-0.4, -0.2) is 168 Å². The van der Waals surface area contributed by atoms with Crippen LogP contribution in [0.25, 0.3) is 0 Å². The fourth-order valence-corrected chi connectivity index (χ4v) is 8.61. The predicted octanol–water partition coefficient (Wildman–Crippen LogP) is 5.84. The van der Waals surface area contributed by atoms with Crippen molar-refractivity contribution in [3.8, 4) is 0 Å². The Hall–Kier alpha value is -4.85. The minimum absolute atomic E-state index is 0.0283. The molecule has 0 aliphatic carbocycles. The van der Waals surface area contributed by atoms with E-state index in [9.17, 15) is 78.7 Å². The zero-order chi connectivity index (χ0) is 62.6. The van der Waals surface area contributed by atoms with Gasteiger partial charge in [-0.3, -0.25) is 9.35 Å². The molecule has 15 atom stereocenters. The van der Waals surface area contributed by atoms with Gasteiger partial charge in [-0.15, -0.1) is 0 Å². The van der Waals surface area contributed by atoms with Crippen molar-refractivity contribution >= 4 is 22.2 Å². The maximum absolute atomic E-state index is 13.1. The van der Waals surface area contributed by atoms with Gasteiger partial charge < -0.3 is 66.6 Å². The third kappa shape index (κ3) is 43.4. The van der Waals surface area contributed by atoms with Gasteiger partial charge in [0.2, 0.25) is 0 Å². The molecule has 0 amide bonds. The number of ether oxygens (including phenoxy) is 1. The molecule has 14 N–H and O–H groups in total. The fourth-order valence-electron chi connectivity index (χ4n) is 8.05. The molecule has 0 radical (unpaired) electrons. The van der Waals surface area contributed by atoms with Crippen molar-refractivity contribution in [3.63, 3.8) is 0 Å². The van der Waals surface area contributed by atoms with E-state index in [0.29, 0.717) is 25.0 Å². The van der Waals surface area contributed by atoms with Gasteiger partial charge in [-0.05, 0) is 77.7 Å². The molecule has 0 saturated carbocycles. The first-order chi connectivity index (χ1) is 39.3. The summed E-state index contributed by atoms with van der Waals surface area (Å²) in [7, 11) is -3.61. The lowest BCUT2D eigenvalue weighted by atomic mass is 9.88. The molecule has 0 heterocycles. The second-order valence-corrected chi connectivity index (χ2v) is 21.7. The van der Waals surface area contributed by atoms with E-state index in [-0.39, 0.29) is 69.7 Å². The third-order valence-corrected chi connectivity index (χ3v) is 13.5. The van der Waals surface area contributed by atoms with Crippen molar-refractivity contribution in [1.82, 2.24) is 0 Å². The molecule has 0 saturated heterocycles. The Bertz CT molecular complexity index is 2280. The van der Waals surface area contributed by atoms with Crippen LogP contribution < -0.4 is 5.73 Å². The summed E-state index contributed by atoms with van der Waals surface area (Å²) in [5.41, 5.74) is 5.93. The third-order valence-electron chi connectivity index (χ3n) is 13.0. The Morgan fingerprint density at radius 3 is 1.51 bits per heavy atom. The highest BCUT2D eigenvalue weighted by Gasteiger charge is 2.30. The summed E-state index contributed by atoms with van der Waals surface area (Å²) in [6, 6.07) is 0. The molecule has 0 aromatic carbocycles. The molecular formula is C63H99NO18S. The van der Waals surface area contributed by atoms with Crippen molar-refractivity contribution in [2.75, 3.05) is 13.7 Å². The van der Waals surface area contributed by atoms with Crippen molar-refractivity contribution in [3.05, 3.63) is 157 Å². The monoisotopic (exact) mass is 1190 g/mol. The van der Waals surface area contributed by atoms with Crippen LogP contribution in [0.4, 0.5) is 0 Å². The van der Waals surface area contributed by atoms with Crippen LogP contribution in [0.3, 0.4) is 0 Å². The van der Waals surface area contributed by atoms with E-state index < -0.39 is 108 Å². The molecule has 0 aliphatic heterocycles. The summed E-state index contributed by atoms with van der Waals surface area (Å²) in [6.45, 7) is 7.20. The lowest BCUT2D eigenvalue weighted by Crippen LogP contribution is -2.32. The highest BCUT2D eigenvalue weighted by molar-refractivity contribution is 7.80. The molecule has 0 aliphatic rings.